The average molecular weight is 306 g/mol. The van der Waals surface area contributed by atoms with Crippen LogP contribution in [0.4, 0.5) is 0 Å². The number of aryl methyl sites for hydroxylation is 1. The first kappa shape index (κ1) is 17.7. The van der Waals surface area contributed by atoms with Gasteiger partial charge in [0.25, 0.3) is 0 Å². The van der Waals surface area contributed by atoms with Crippen LogP contribution in [0, 0.1) is 6.92 Å². The summed E-state index contributed by atoms with van der Waals surface area (Å²) in [6.07, 6.45) is 0.593. The fourth-order valence-electron chi connectivity index (χ4n) is 2.27. The second kappa shape index (κ2) is 8.83. The van der Waals surface area contributed by atoms with Gasteiger partial charge in [-0.1, -0.05) is 60.2 Å². The molecule has 2 aromatic rings. The molecule has 2 nitrogen and oxygen atoms in total. The first-order valence-electron chi connectivity index (χ1n) is 7.17. The summed E-state index contributed by atoms with van der Waals surface area (Å²) in [6, 6.07) is 19.3. The Morgan fingerprint density at radius 2 is 1.62 bits per heavy atom. The molecule has 0 bridgehead atoms. The van der Waals surface area contributed by atoms with E-state index >= 15 is 0 Å². The Labute approximate surface area is 133 Å². The minimum Gasteiger partial charge on any atom is -0.392 e. The zero-order chi connectivity index (χ0) is 14.4. The Morgan fingerprint density at radius 3 is 2.19 bits per heavy atom. The molecule has 0 aliphatic rings. The summed E-state index contributed by atoms with van der Waals surface area (Å²) in [7, 11) is 0. The third-order valence-electron chi connectivity index (χ3n) is 3.42. The molecule has 0 aliphatic heterocycles. The molecule has 0 heterocycles. The number of hydrogen-bond acceptors (Lipinski definition) is 2. The van der Waals surface area contributed by atoms with Crippen LogP contribution >= 0.6 is 12.4 Å². The molecule has 2 aromatic carbocycles. The fourth-order valence-corrected chi connectivity index (χ4v) is 2.27. The molecule has 0 aliphatic carbocycles. The third kappa shape index (κ3) is 5.88. The van der Waals surface area contributed by atoms with Crippen molar-refractivity contribution in [1.82, 2.24) is 5.32 Å². The maximum Gasteiger partial charge on any atom is 0.0636 e. The lowest BCUT2D eigenvalue weighted by Gasteiger charge is -2.20. The molecule has 2 atom stereocenters. The van der Waals surface area contributed by atoms with Gasteiger partial charge < -0.3 is 10.4 Å². The topological polar surface area (TPSA) is 32.3 Å². The van der Waals surface area contributed by atoms with Crippen LogP contribution in [0.1, 0.15) is 29.7 Å². The van der Waals surface area contributed by atoms with Gasteiger partial charge in [0.2, 0.25) is 0 Å². The largest absolute Gasteiger partial charge is 0.392 e. The predicted octanol–water partition coefficient (Wildman–Crippen LogP) is 3.67. The summed E-state index contributed by atoms with van der Waals surface area (Å²) in [5.74, 6) is 0. The standard InChI is InChI=1S/C18H23NO.ClH/c1-14-8-10-17(11-9-14)18(19-13-15(2)20)12-16-6-4-3-5-7-16;/h3-11,15,18-20H,12-13H2,1-2H3;1H. The molecular formula is C18H24ClNO. The van der Waals surface area contributed by atoms with Gasteiger partial charge in [0.15, 0.2) is 0 Å². The van der Waals surface area contributed by atoms with E-state index in [0.29, 0.717) is 6.54 Å². The predicted molar refractivity (Wildman–Crippen MR) is 91.0 cm³/mol. The molecule has 0 saturated heterocycles. The Bertz CT molecular complexity index is 511. The first-order valence-corrected chi connectivity index (χ1v) is 7.17. The van der Waals surface area contributed by atoms with Gasteiger partial charge in [-0.15, -0.1) is 12.4 Å². The molecular weight excluding hydrogens is 282 g/mol. The first-order chi connectivity index (χ1) is 9.65. The van der Waals surface area contributed by atoms with Crippen molar-refractivity contribution in [2.75, 3.05) is 6.54 Å². The van der Waals surface area contributed by atoms with Crippen LogP contribution < -0.4 is 5.32 Å². The van der Waals surface area contributed by atoms with Crippen molar-refractivity contribution in [3.63, 3.8) is 0 Å². The van der Waals surface area contributed by atoms with E-state index in [-0.39, 0.29) is 24.6 Å². The third-order valence-corrected chi connectivity index (χ3v) is 3.42. The van der Waals surface area contributed by atoms with Crippen molar-refractivity contribution in [2.24, 2.45) is 0 Å². The smallest absolute Gasteiger partial charge is 0.0636 e. The van der Waals surface area contributed by atoms with Crippen LogP contribution in [0.3, 0.4) is 0 Å². The van der Waals surface area contributed by atoms with Gasteiger partial charge in [-0.2, -0.15) is 0 Å². The highest BCUT2D eigenvalue weighted by Gasteiger charge is 2.12. The van der Waals surface area contributed by atoms with Crippen LogP contribution in [-0.4, -0.2) is 17.8 Å². The maximum atomic E-state index is 9.50. The zero-order valence-corrected chi connectivity index (χ0v) is 13.4. The van der Waals surface area contributed by atoms with Gasteiger partial charge in [-0.25, -0.2) is 0 Å². The molecule has 0 amide bonds. The van der Waals surface area contributed by atoms with Crippen molar-refractivity contribution in [2.45, 2.75) is 32.4 Å². The van der Waals surface area contributed by atoms with E-state index in [2.05, 4.69) is 60.8 Å². The molecule has 0 spiro atoms. The molecule has 21 heavy (non-hydrogen) atoms. The number of benzene rings is 2. The minimum atomic E-state index is -0.335. The van der Waals surface area contributed by atoms with Crippen LogP contribution in [0.25, 0.3) is 0 Å². The second-order valence-corrected chi connectivity index (χ2v) is 5.41. The summed E-state index contributed by atoms with van der Waals surface area (Å²) in [5.41, 5.74) is 3.83. The molecule has 2 unspecified atom stereocenters. The molecule has 0 aromatic heterocycles. The number of aliphatic hydroxyl groups is 1. The quantitative estimate of drug-likeness (QED) is 0.853. The van der Waals surface area contributed by atoms with Crippen molar-refractivity contribution >= 4 is 12.4 Å². The van der Waals surface area contributed by atoms with E-state index in [9.17, 15) is 5.11 Å². The van der Waals surface area contributed by atoms with E-state index in [0.717, 1.165) is 6.42 Å². The van der Waals surface area contributed by atoms with Gasteiger partial charge in [-0.3, -0.25) is 0 Å². The van der Waals surface area contributed by atoms with Crippen molar-refractivity contribution in [3.05, 3.63) is 71.3 Å². The molecule has 0 saturated carbocycles. The van der Waals surface area contributed by atoms with Gasteiger partial charge in [-0.05, 0) is 31.4 Å². The lowest BCUT2D eigenvalue weighted by molar-refractivity contribution is 0.186. The van der Waals surface area contributed by atoms with Crippen molar-refractivity contribution < 1.29 is 5.11 Å². The van der Waals surface area contributed by atoms with Gasteiger partial charge >= 0.3 is 0 Å². The monoisotopic (exact) mass is 305 g/mol. The van der Waals surface area contributed by atoms with E-state index in [1.165, 1.54) is 16.7 Å². The van der Waals surface area contributed by atoms with E-state index in [1.54, 1.807) is 0 Å². The summed E-state index contributed by atoms with van der Waals surface area (Å²) in [4.78, 5) is 0. The Hall–Kier alpha value is -1.35. The summed E-state index contributed by atoms with van der Waals surface area (Å²) in [5, 5.41) is 12.9. The number of halogens is 1. The molecule has 0 fully saturated rings. The Kier molecular flexibility index (Phi) is 7.44. The summed E-state index contributed by atoms with van der Waals surface area (Å²) >= 11 is 0. The number of rotatable bonds is 6. The fraction of sp³-hybridized carbons (Fsp3) is 0.333. The van der Waals surface area contributed by atoms with Crippen molar-refractivity contribution in [1.29, 1.82) is 0 Å². The Morgan fingerprint density at radius 1 is 1.00 bits per heavy atom. The van der Waals surface area contributed by atoms with Crippen molar-refractivity contribution in [3.8, 4) is 0 Å². The summed E-state index contributed by atoms with van der Waals surface area (Å²) < 4.78 is 0. The lowest BCUT2D eigenvalue weighted by Crippen LogP contribution is -2.30. The van der Waals surface area contributed by atoms with Gasteiger partial charge in [0.1, 0.15) is 0 Å². The number of nitrogens with one attached hydrogen (secondary N) is 1. The Balaban J connectivity index is 0.00000220. The summed E-state index contributed by atoms with van der Waals surface area (Å²) in [6.45, 7) is 4.51. The van der Waals surface area contributed by atoms with Crippen LogP contribution in [0.5, 0.6) is 0 Å². The van der Waals surface area contributed by atoms with Crippen LogP contribution in [0.2, 0.25) is 0 Å². The highest BCUT2D eigenvalue weighted by Crippen LogP contribution is 2.19. The molecule has 2 rings (SSSR count). The molecule has 3 heteroatoms. The normalized spacial score (nSPS) is 13.3. The van der Waals surface area contributed by atoms with Crippen LogP contribution in [-0.2, 0) is 6.42 Å². The number of hydrogen-bond donors (Lipinski definition) is 2. The lowest BCUT2D eigenvalue weighted by atomic mass is 9.98. The maximum absolute atomic E-state index is 9.50. The highest BCUT2D eigenvalue weighted by atomic mass is 35.5. The van der Waals surface area contributed by atoms with E-state index in [4.69, 9.17) is 0 Å². The van der Waals surface area contributed by atoms with E-state index in [1.807, 2.05) is 13.0 Å². The molecule has 0 radical (unpaired) electrons. The average Bonchev–Trinajstić information content (AvgIpc) is 2.45. The SMILES string of the molecule is Cc1ccc(C(Cc2ccccc2)NCC(C)O)cc1.Cl. The molecule has 114 valence electrons. The highest BCUT2D eigenvalue weighted by molar-refractivity contribution is 5.85. The van der Waals surface area contributed by atoms with Gasteiger partial charge in [0, 0.05) is 12.6 Å². The molecule has 2 N–H and O–H groups in total. The minimum absolute atomic E-state index is 0. The van der Waals surface area contributed by atoms with Crippen LogP contribution in [0.15, 0.2) is 54.6 Å². The zero-order valence-electron chi connectivity index (χ0n) is 12.6. The number of aliphatic hydroxyl groups excluding tert-OH is 1. The second-order valence-electron chi connectivity index (χ2n) is 5.41. The van der Waals surface area contributed by atoms with Gasteiger partial charge in [0.05, 0.1) is 6.10 Å². The van der Waals surface area contributed by atoms with E-state index < -0.39 is 0 Å².